The zero-order valence-electron chi connectivity index (χ0n) is 16.3. The van der Waals surface area contributed by atoms with Gasteiger partial charge in [-0.1, -0.05) is 0 Å². The molecule has 0 amide bonds. The van der Waals surface area contributed by atoms with Crippen molar-refractivity contribution in [2.45, 2.75) is 30.7 Å². The van der Waals surface area contributed by atoms with Crippen LogP contribution in [0.1, 0.15) is 0 Å². The Morgan fingerprint density at radius 2 is 1.69 bits per heavy atom. The summed E-state index contributed by atoms with van der Waals surface area (Å²) in [6, 6.07) is 7.51. The molecular formula is C21H20O11. The zero-order chi connectivity index (χ0) is 23.2. The van der Waals surface area contributed by atoms with Gasteiger partial charge in [0.15, 0.2) is 5.76 Å². The summed E-state index contributed by atoms with van der Waals surface area (Å²) in [5.74, 6) is -1.68. The Kier molecular flexibility index (Phi) is 5.67. The van der Waals surface area contributed by atoms with Crippen molar-refractivity contribution in [2.75, 3.05) is 6.61 Å². The maximum Gasteiger partial charge on any atom is 0.239 e. The van der Waals surface area contributed by atoms with Crippen LogP contribution in [0, 0.1) is 0 Å². The summed E-state index contributed by atoms with van der Waals surface area (Å²) in [6.07, 6.45) is -7.87. The van der Waals surface area contributed by atoms with Gasteiger partial charge in [-0.3, -0.25) is 4.79 Å². The first-order chi connectivity index (χ1) is 15.2. The fourth-order valence-corrected chi connectivity index (χ4v) is 3.49. The Morgan fingerprint density at radius 3 is 2.34 bits per heavy atom. The van der Waals surface area contributed by atoms with E-state index in [1.165, 1.54) is 24.3 Å². The topological polar surface area (TPSA) is 190 Å². The van der Waals surface area contributed by atoms with Gasteiger partial charge in [0.2, 0.25) is 17.5 Å². The first-order valence-electron chi connectivity index (χ1n) is 9.50. The van der Waals surface area contributed by atoms with E-state index >= 15 is 0 Å². The monoisotopic (exact) mass is 448 g/mol. The van der Waals surface area contributed by atoms with E-state index in [1.54, 1.807) is 0 Å². The number of hydrogen-bond acceptors (Lipinski definition) is 11. The minimum atomic E-state index is -1.70. The predicted octanol–water partition coefficient (Wildman–Crippen LogP) is -0.244. The molecule has 1 aliphatic rings. The molecule has 0 spiro atoms. The summed E-state index contributed by atoms with van der Waals surface area (Å²) in [6.45, 7) is -0.755. The zero-order valence-corrected chi connectivity index (χ0v) is 16.3. The Balaban J connectivity index is 1.86. The molecule has 3 aromatic rings. The largest absolute Gasteiger partial charge is 0.508 e. The second-order valence-electron chi connectivity index (χ2n) is 7.29. The number of phenolic OH excluding ortho intramolecular Hbond substituents is 3. The normalized spacial score (nSPS) is 24.0. The first-order valence-corrected chi connectivity index (χ1v) is 9.50. The van der Waals surface area contributed by atoms with E-state index in [1.807, 2.05) is 0 Å². The van der Waals surface area contributed by atoms with E-state index in [4.69, 9.17) is 19.0 Å². The number of aliphatic hydroxyl groups excluding tert-OH is 4. The van der Waals surface area contributed by atoms with Crippen molar-refractivity contribution in [2.24, 2.45) is 0 Å². The number of hydrogen-bond donors (Lipinski definition) is 7. The number of aromatic hydroxyl groups is 3. The lowest BCUT2D eigenvalue weighted by atomic mass is 10.1. The van der Waals surface area contributed by atoms with Gasteiger partial charge in [0.25, 0.3) is 0 Å². The molecule has 1 saturated heterocycles. The number of phenols is 3. The van der Waals surface area contributed by atoms with Crippen molar-refractivity contribution in [3.8, 4) is 34.3 Å². The lowest BCUT2D eigenvalue weighted by molar-refractivity contribution is -0.137. The minimum absolute atomic E-state index is 0.0619. The lowest BCUT2D eigenvalue weighted by Gasteiger charge is -2.19. The van der Waals surface area contributed by atoms with Gasteiger partial charge < -0.3 is 49.6 Å². The van der Waals surface area contributed by atoms with E-state index in [-0.39, 0.29) is 33.8 Å². The van der Waals surface area contributed by atoms with Crippen molar-refractivity contribution in [3.05, 3.63) is 46.6 Å². The fourth-order valence-electron chi connectivity index (χ4n) is 3.49. The molecule has 0 radical (unpaired) electrons. The summed E-state index contributed by atoms with van der Waals surface area (Å²) in [5.41, 5.74) is -0.771. The van der Waals surface area contributed by atoms with Crippen LogP contribution in [0.15, 0.2) is 45.6 Å². The van der Waals surface area contributed by atoms with E-state index in [2.05, 4.69) is 0 Å². The average Bonchev–Trinajstić information content (AvgIpc) is 3.03. The molecular weight excluding hydrogens is 428 g/mol. The van der Waals surface area contributed by atoms with Crippen LogP contribution in [0.2, 0.25) is 0 Å². The second-order valence-corrected chi connectivity index (χ2v) is 7.29. The van der Waals surface area contributed by atoms with Gasteiger partial charge in [0, 0.05) is 17.7 Å². The van der Waals surface area contributed by atoms with Gasteiger partial charge in [0.05, 0.1) is 6.61 Å². The molecule has 11 heteroatoms. The summed E-state index contributed by atoms with van der Waals surface area (Å²) in [5, 5.41) is 68.5. The first kappa shape index (κ1) is 21.9. The molecule has 5 atom stereocenters. The highest BCUT2D eigenvalue weighted by Crippen LogP contribution is 2.37. The molecule has 2 aromatic carbocycles. The lowest BCUT2D eigenvalue weighted by Crippen LogP contribution is -2.40. The molecule has 1 aliphatic heterocycles. The van der Waals surface area contributed by atoms with Crippen LogP contribution in [0.3, 0.4) is 0 Å². The Hall–Kier alpha value is -3.35. The molecule has 0 aliphatic carbocycles. The van der Waals surface area contributed by atoms with Gasteiger partial charge in [-0.25, -0.2) is 0 Å². The molecule has 0 saturated carbocycles. The highest BCUT2D eigenvalue weighted by Gasteiger charge is 2.47. The number of fused-ring (bicyclic) bond motifs is 1. The average molecular weight is 448 g/mol. The summed E-state index contributed by atoms with van der Waals surface area (Å²) < 4.78 is 16.6. The maximum atomic E-state index is 13.2. The number of aliphatic hydroxyl groups is 4. The number of benzene rings is 2. The molecule has 11 nitrogen and oxygen atoms in total. The minimum Gasteiger partial charge on any atom is -0.508 e. The van der Waals surface area contributed by atoms with E-state index < -0.39 is 54.2 Å². The van der Waals surface area contributed by atoms with Crippen LogP contribution in [-0.2, 0) is 4.74 Å². The molecule has 32 heavy (non-hydrogen) atoms. The molecule has 5 unspecified atom stereocenters. The van der Waals surface area contributed by atoms with E-state index in [0.29, 0.717) is 0 Å². The highest BCUT2D eigenvalue weighted by molar-refractivity contribution is 5.88. The third-order valence-electron chi connectivity index (χ3n) is 5.10. The smallest absolute Gasteiger partial charge is 0.239 e. The van der Waals surface area contributed by atoms with Gasteiger partial charge in [-0.2, -0.15) is 0 Å². The molecule has 1 aromatic heterocycles. The molecule has 170 valence electrons. The van der Waals surface area contributed by atoms with E-state index in [9.17, 15) is 35.4 Å². The van der Waals surface area contributed by atoms with Crippen molar-refractivity contribution in [1.29, 1.82) is 0 Å². The molecule has 0 bridgehead atoms. The van der Waals surface area contributed by atoms with Gasteiger partial charge >= 0.3 is 0 Å². The Bertz CT molecular complexity index is 1190. The van der Waals surface area contributed by atoms with Crippen LogP contribution in [-0.4, -0.2) is 73.1 Å². The quantitative estimate of drug-likeness (QED) is 0.272. The van der Waals surface area contributed by atoms with Crippen molar-refractivity contribution >= 4 is 11.0 Å². The SMILES string of the molecule is O=c1c(OC2OC(C(O)CO)C(O)C2O)c(-c2ccc(O)cc2)oc2cc(O)cc(O)c12. The summed E-state index contributed by atoms with van der Waals surface area (Å²) in [7, 11) is 0. The Labute approximate surface area is 179 Å². The highest BCUT2D eigenvalue weighted by atomic mass is 16.7. The third-order valence-corrected chi connectivity index (χ3v) is 5.10. The van der Waals surface area contributed by atoms with Gasteiger partial charge in [-0.15, -0.1) is 0 Å². The predicted molar refractivity (Wildman–Crippen MR) is 107 cm³/mol. The van der Waals surface area contributed by atoms with E-state index in [0.717, 1.165) is 12.1 Å². The van der Waals surface area contributed by atoms with Crippen LogP contribution >= 0.6 is 0 Å². The van der Waals surface area contributed by atoms with Gasteiger partial charge in [0.1, 0.15) is 52.6 Å². The molecule has 4 rings (SSSR count). The maximum absolute atomic E-state index is 13.2. The standard InChI is InChI=1S/C21H20O11/c22-7-12(26)19-16(28)17(29)21(31-19)32-20-15(27)14-11(25)5-10(24)6-13(14)30-18(20)8-1-3-9(23)4-2-8/h1-6,12,16-17,19,21-26,28-29H,7H2. The Morgan fingerprint density at radius 1 is 1.00 bits per heavy atom. The van der Waals surface area contributed by atoms with Gasteiger partial charge in [-0.05, 0) is 24.3 Å². The summed E-state index contributed by atoms with van der Waals surface area (Å²) >= 11 is 0. The van der Waals surface area contributed by atoms with Crippen LogP contribution in [0.4, 0.5) is 0 Å². The van der Waals surface area contributed by atoms with Crippen molar-refractivity contribution in [1.82, 2.24) is 0 Å². The molecule has 7 N–H and O–H groups in total. The second kappa shape index (κ2) is 8.30. The van der Waals surface area contributed by atoms with Crippen LogP contribution < -0.4 is 10.2 Å². The van der Waals surface area contributed by atoms with Crippen LogP contribution in [0.25, 0.3) is 22.3 Å². The molecule has 2 heterocycles. The third kappa shape index (κ3) is 3.72. The van der Waals surface area contributed by atoms with Crippen molar-refractivity contribution in [3.63, 3.8) is 0 Å². The molecule has 1 fully saturated rings. The number of rotatable bonds is 5. The fraction of sp³-hybridized carbons (Fsp3) is 0.286. The van der Waals surface area contributed by atoms with Crippen molar-refractivity contribution < 1.29 is 49.6 Å². The summed E-state index contributed by atoms with van der Waals surface area (Å²) in [4.78, 5) is 13.2. The number of ether oxygens (including phenoxy) is 2. The van der Waals surface area contributed by atoms with Crippen LogP contribution in [0.5, 0.6) is 23.0 Å².